The van der Waals surface area contributed by atoms with Gasteiger partial charge in [0.05, 0.1) is 29.9 Å². The number of aryl methyl sites for hydroxylation is 2. The Balaban J connectivity index is 1.54. The molecule has 0 saturated heterocycles. The molecule has 0 unspecified atom stereocenters. The second-order valence-corrected chi connectivity index (χ2v) is 7.91. The summed E-state index contributed by atoms with van der Waals surface area (Å²) in [5, 5.41) is 15.5. The fraction of sp³-hybridized carbons (Fsp3) is 0.111. The van der Waals surface area contributed by atoms with Crippen LogP contribution in [0.3, 0.4) is 0 Å². The fourth-order valence-electron chi connectivity index (χ4n) is 3.96. The second-order valence-electron chi connectivity index (χ2n) is 7.91. The lowest BCUT2D eigenvalue weighted by molar-refractivity contribution is 0.415. The highest BCUT2D eigenvalue weighted by Crippen LogP contribution is 2.33. The first kappa shape index (κ1) is 19.8. The topological polar surface area (TPSA) is 66.6 Å². The normalized spacial score (nSPS) is 11.0. The first-order valence-corrected chi connectivity index (χ1v) is 10.5. The van der Waals surface area contributed by atoms with E-state index in [9.17, 15) is 0 Å². The summed E-state index contributed by atoms with van der Waals surface area (Å²) < 4.78 is 5.59. The van der Waals surface area contributed by atoms with Crippen molar-refractivity contribution in [2.45, 2.75) is 13.8 Å². The molecule has 0 atom stereocenters. The summed E-state index contributed by atoms with van der Waals surface area (Å²) in [6.07, 6.45) is 0. The number of nitrogens with one attached hydrogen (secondary N) is 2. The molecule has 0 aliphatic rings. The third-order valence-electron chi connectivity index (χ3n) is 5.76. The van der Waals surface area contributed by atoms with Crippen LogP contribution in [0.15, 0.2) is 78.9 Å². The molecular formula is C27H24N4O. The number of hydrogen-bond donors (Lipinski definition) is 2. The third kappa shape index (κ3) is 3.69. The van der Waals surface area contributed by atoms with Crippen LogP contribution in [0.4, 0.5) is 0 Å². The number of rotatable bonds is 5. The standard InChI is InChI=1S/C27H24N4O/c1-17-8-4-6-10-22(17)26-15-24(28-30-26)19-12-20(14-21(13-19)32-3)25-16-27(31-29-25)23-11-7-5-9-18(23)2/h4-16H,1-3H3,(H,28,30)(H,29,31). The van der Waals surface area contributed by atoms with E-state index in [2.05, 4.69) is 76.7 Å². The molecule has 32 heavy (non-hydrogen) atoms. The van der Waals surface area contributed by atoms with Crippen molar-refractivity contribution >= 4 is 0 Å². The van der Waals surface area contributed by atoms with Gasteiger partial charge in [-0.05, 0) is 55.3 Å². The zero-order valence-electron chi connectivity index (χ0n) is 18.3. The summed E-state index contributed by atoms with van der Waals surface area (Å²) >= 11 is 0. The molecule has 2 aromatic heterocycles. The van der Waals surface area contributed by atoms with Gasteiger partial charge in [0.1, 0.15) is 5.75 Å². The SMILES string of the molecule is COc1cc(-c2cc(-c3ccccc3C)n[nH]2)cc(-c2cc(-c3ccccc3C)n[nH]2)c1. The molecule has 0 saturated carbocycles. The van der Waals surface area contributed by atoms with Gasteiger partial charge in [0.2, 0.25) is 0 Å². The Morgan fingerprint density at radius 3 is 1.53 bits per heavy atom. The van der Waals surface area contributed by atoms with Gasteiger partial charge in [-0.1, -0.05) is 48.5 Å². The number of hydrogen-bond acceptors (Lipinski definition) is 3. The maximum absolute atomic E-state index is 5.59. The van der Waals surface area contributed by atoms with Gasteiger partial charge in [-0.25, -0.2) is 0 Å². The molecule has 0 fully saturated rings. The first-order chi connectivity index (χ1) is 15.6. The maximum atomic E-state index is 5.59. The highest BCUT2D eigenvalue weighted by molar-refractivity contribution is 5.77. The number of aromatic nitrogens is 4. The molecular weight excluding hydrogens is 396 g/mol. The lowest BCUT2D eigenvalue weighted by atomic mass is 10.0. The number of H-pyrrole nitrogens is 2. The summed E-state index contributed by atoms with van der Waals surface area (Å²) in [6, 6.07) is 26.8. The van der Waals surface area contributed by atoms with Crippen LogP contribution in [0.25, 0.3) is 45.0 Å². The highest BCUT2D eigenvalue weighted by atomic mass is 16.5. The first-order valence-electron chi connectivity index (χ1n) is 10.5. The van der Waals surface area contributed by atoms with E-state index in [-0.39, 0.29) is 0 Å². The lowest BCUT2D eigenvalue weighted by Crippen LogP contribution is -1.88. The highest BCUT2D eigenvalue weighted by Gasteiger charge is 2.13. The van der Waals surface area contributed by atoms with Gasteiger partial charge in [-0.15, -0.1) is 0 Å². The Labute approximate surface area is 187 Å². The molecule has 5 rings (SSSR count). The van der Waals surface area contributed by atoms with Gasteiger partial charge in [0, 0.05) is 22.3 Å². The predicted octanol–water partition coefficient (Wildman–Crippen LogP) is 6.43. The Hall–Kier alpha value is -4.12. The van der Waals surface area contributed by atoms with Crippen molar-refractivity contribution in [3.8, 4) is 50.8 Å². The van der Waals surface area contributed by atoms with Crippen LogP contribution in [0.1, 0.15) is 11.1 Å². The average molecular weight is 421 g/mol. The molecule has 2 heterocycles. The summed E-state index contributed by atoms with van der Waals surface area (Å²) in [5.41, 5.74) is 10.3. The van der Waals surface area contributed by atoms with E-state index in [1.807, 2.05) is 36.4 Å². The third-order valence-corrected chi connectivity index (χ3v) is 5.76. The number of ether oxygens (including phenoxy) is 1. The van der Waals surface area contributed by atoms with Gasteiger partial charge in [0.15, 0.2) is 0 Å². The smallest absolute Gasteiger partial charge is 0.120 e. The zero-order chi connectivity index (χ0) is 22.1. The van der Waals surface area contributed by atoms with Crippen LogP contribution in [0, 0.1) is 13.8 Å². The summed E-state index contributed by atoms with van der Waals surface area (Å²) in [5.74, 6) is 0.775. The number of aromatic amines is 2. The quantitative estimate of drug-likeness (QED) is 0.344. The summed E-state index contributed by atoms with van der Waals surface area (Å²) in [4.78, 5) is 0. The number of benzene rings is 3. The second kappa shape index (κ2) is 8.19. The maximum Gasteiger partial charge on any atom is 0.120 e. The molecule has 5 nitrogen and oxygen atoms in total. The van der Waals surface area contributed by atoms with Gasteiger partial charge < -0.3 is 4.74 Å². The molecule has 0 amide bonds. The van der Waals surface area contributed by atoms with E-state index in [1.54, 1.807) is 7.11 Å². The Morgan fingerprint density at radius 1 is 0.625 bits per heavy atom. The Kier molecular flexibility index (Phi) is 5.07. The van der Waals surface area contributed by atoms with E-state index in [4.69, 9.17) is 4.74 Å². The zero-order valence-corrected chi connectivity index (χ0v) is 18.3. The Morgan fingerprint density at radius 2 is 1.09 bits per heavy atom. The summed E-state index contributed by atoms with van der Waals surface area (Å²) in [7, 11) is 1.68. The van der Waals surface area contributed by atoms with Crippen LogP contribution < -0.4 is 4.74 Å². The minimum Gasteiger partial charge on any atom is -0.497 e. The molecule has 0 aliphatic carbocycles. The van der Waals surface area contributed by atoms with Gasteiger partial charge in [-0.2, -0.15) is 10.2 Å². The molecule has 5 aromatic rings. The monoisotopic (exact) mass is 420 g/mol. The van der Waals surface area contributed by atoms with Crippen LogP contribution in [0.5, 0.6) is 5.75 Å². The van der Waals surface area contributed by atoms with Crippen LogP contribution >= 0.6 is 0 Å². The van der Waals surface area contributed by atoms with Crippen molar-refractivity contribution in [2.75, 3.05) is 7.11 Å². The van der Waals surface area contributed by atoms with E-state index in [1.165, 1.54) is 11.1 Å². The molecule has 0 spiro atoms. The molecule has 0 aliphatic heterocycles. The van der Waals surface area contributed by atoms with Crippen LogP contribution in [-0.4, -0.2) is 27.5 Å². The molecule has 3 aromatic carbocycles. The molecule has 5 heteroatoms. The van der Waals surface area contributed by atoms with Crippen molar-refractivity contribution < 1.29 is 4.74 Å². The van der Waals surface area contributed by atoms with Crippen molar-refractivity contribution in [3.63, 3.8) is 0 Å². The van der Waals surface area contributed by atoms with Gasteiger partial charge in [-0.3, -0.25) is 10.2 Å². The van der Waals surface area contributed by atoms with E-state index < -0.39 is 0 Å². The van der Waals surface area contributed by atoms with Crippen LogP contribution in [0.2, 0.25) is 0 Å². The summed E-state index contributed by atoms with van der Waals surface area (Å²) in [6.45, 7) is 4.19. The number of methoxy groups -OCH3 is 1. The largest absolute Gasteiger partial charge is 0.497 e. The molecule has 158 valence electrons. The minimum atomic E-state index is 0.775. The molecule has 0 radical (unpaired) electrons. The van der Waals surface area contributed by atoms with Crippen molar-refractivity contribution in [1.29, 1.82) is 0 Å². The minimum absolute atomic E-state index is 0.775. The predicted molar refractivity (Wildman–Crippen MR) is 129 cm³/mol. The van der Waals surface area contributed by atoms with E-state index in [0.29, 0.717) is 0 Å². The van der Waals surface area contributed by atoms with Crippen LogP contribution in [-0.2, 0) is 0 Å². The van der Waals surface area contributed by atoms with Crippen molar-refractivity contribution in [2.24, 2.45) is 0 Å². The molecule has 0 bridgehead atoms. The Bertz CT molecular complexity index is 1290. The fourth-order valence-corrected chi connectivity index (χ4v) is 3.96. The van der Waals surface area contributed by atoms with E-state index >= 15 is 0 Å². The van der Waals surface area contributed by atoms with Gasteiger partial charge in [0.25, 0.3) is 0 Å². The lowest BCUT2D eigenvalue weighted by Gasteiger charge is -2.07. The van der Waals surface area contributed by atoms with E-state index in [0.717, 1.165) is 50.8 Å². The van der Waals surface area contributed by atoms with Crippen molar-refractivity contribution in [1.82, 2.24) is 20.4 Å². The van der Waals surface area contributed by atoms with Crippen molar-refractivity contribution in [3.05, 3.63) is 90.0 Å². The van der Waals surface area contributed by atoms with Gasteiger partial charge >= 0.3 is 0 Å². The average Bonchev–Trinajstić information content (AvgIpc) is 3.50. The molecule has 2 N–H and O–H groups in total. The number of nitrogens with zero attached hydrogens (tertiary/aromatic N) is 2.